The van der Waals surface area contributed by atoms with Gasteiger partial charge in [-0.05, 0) is 66.8 Å². The summed E-state index contributed by atoms with van der Waals surface area (Å²) >= 11 is 1.68. The van der Waals surface area contributed by atoms with E-state index in [0.29, 0.717) is 36.5 Å². The van der Waals surface area contributed by atoms with Crippen molar-refractivity contribution in [3.63, 3.8) is 0 Å². The lowest BCUT2D eigenvalue weighted by Crippen LogP contribution is -2.26. The molecule has 5 nitrogen and oxygen atoms in total. The maximum absolute atomic E-state index is 13.2. The average molecular weight is 489 g/mol. The lowest BCUT2D eigenvalue weighted by atomic mass is 9.72. The summed E-state index contributed by atoms with van der Waals surface area (Å²) in [7, 11) is 0. The summed E-state index contributed by atoms with van der Waals surface area (Å²) in [5.41, 5.74) is 3.30. The monoisotopic (exact) mass is 488 g/mol. The van der Waals surface area contributed by atoms with Gasteiger partial charge in [0.1, 0.15) is 17.3 Å². The van der Waals surface area contributed by atoms with E-state index in [-0.39, 0.29) is 11.0 Å². The van der Waals surface area contributed by atoms with Crippen molar-refractivity contribution in [2.75, 3.05) is 6.61 Å². The van der Waals surface area contributed by atoms with Gasteiger partial charge in [0, 0.05) is 10.4 Å². The number of aromatic nitrogens is 2. The van der Waals surface area contributed by atoms with Crippen molar-refractivity contribution in [1.82, 2.24) is 9.97 Å². The van der Waals surface area contributed by atoms with E-state index in [1.807, 2.05) is 55.5 Å². The van der Waals surface area contributed by atoms with Gasteiger partial charge in [-0.3, -0.25) is 4.79 Å². The molecular formula is C29H32N2O3S. The molecule has 4 aromatic rings. The molecule has 1 atom stereocenters. The van der Waals surface area contributed by atoms with Crippen molar-refractivity contribution in [2.45, 2.75) is 53.6 Å². The van der Waals surface area contributed by atoms with Crippen molar-refractivity contribution in [3.05, 3.63) is 74.9 Å². The Balaban J connectivity index is 1.47. The second-order valence-electron chi connectivity index (χ2n) is 10.3. The number of aryl methyl sites for hydroxylation is 1. The summed E-state index contributed by atoms with van der Waals surface area (Å²) in [4.78, 5) is 23.2. The number of benzene rings is 2. The van der Waals surface area contributed by atoms with Crippen LogP contribution in [0.2, 0.25) is 0 Å². The topological polar surface area (TPSA) is 64.2 Å². The third-order valence-electron chi connectivity index (χ3n) is 6.90. The molecule has 5 rings (SSSR count). The molecule has 0 aliphatic heterocycles. The van der Waals surface area contributed by atoms with Crippen LogP contribution in [0.4, 0.5) is 0 Å². The van der Waals surface area contributed by atoms with Gasteiger partial charge in [0.05, 0.1) is 12.0 Å². The van der Waals surface area contributed by atoms with E-state index in [1.54, 1.807) is 11.3 Å². The van der Waals surface area contributed by atoms with Gasteiger partial charge in [-0.15, -0.1) is 11.3 Å². The van der Waals surface area contributed by atoms with E-state index in [0.717, 1.165) is 40.6 Å². The van der Waals surface area contributed by atoms with Gasteiger partial charge in [0.25, 0.3) is 5.56 Å². The first-order valence-corrected chi connectivity index (χ1v) is 13.1. The van der Waals surface area contributed by atoms with E-state index in [1.165, 1.54) is 10.4 Å². The molecule has 2 aromatic heterocycles. The van der Waals surface area contributed by atoms with Crippen LogP contribution < -0.4 is 15.0 Å². The Labute approximate surface area is 210 Å². The van der Waals surface area contributed by atoms with Crippen LogP contribution in [-0.4, -0.2) is 16.6 Å². The molecule has 182 valence electrons. The Bertz CT molecular complexity index is 1400. The molecule has 0 spiro atoms. The highest BCUT2D eigenvalue weighted by molar-refractivity contribution is 7.18. The Kier molecular flexibility index (Phi) is 6.41. The molecule has 35 heavy (non-hydrogen) atoms. The van der Waals surface area contributed by atoms with Gasteiger partial charge in [0.15, 0.2) is 11.5 Å². The van der Waals surface area contributed by atoms with Crippen LogP contribution in [0.1, 0.15) is 50.1 Å². The van der Waals surface area contributed by atoms with Crippen LogP contribution in [0.3, 0.4) is 0 Å². The molecule has 0 bridgehead atoms. The number of aromatic amines is 1. The Morgan fingerprint density at radius 3 is 2.63 bits per heavy atom. The number of nitrogens with zero attached hydrogens (tertiary/aromatic N) is 1. The first kappa shape index (κ1) is 23.6. The number of nitrogens with one attached hydrogen (secondary N) is 1. The number of rotatable bonds is 6. The van der Waals surface area contributed by atoms with Crippen LogP contribution in [-0.2, 0) is 19.4 Å². The van der Waals surface area contributed by atoms with Gasteiger partial charge in [-0.1, -0.05) is 51.1 Å². The van der Waals surface area contributed by atoms with Gasteiger partial charge < -0.3 is 14.5 Å². The van der Waals surface area contributed by atoms with Crippen LogP contribution in [0, 0.1) is 11.3 Å². The lowest BCUT2D eigenvalue weighted by molar-refractivity contribution is 0.218. The minimum absolute atomic E-state index is 0.0564. The molecule has 1 N–H and O–H groups in total. The highest BCUT2D eigenvalue weighted by Gasteiger charge is 2.31. The van der Waals surface area contributed by atoms with E-state index in [4.69, 9.17) is 14.5 Å². The first-order chi connectivity index (χ1) is 16.8. The fraction of sp³-hybridized carbons (Fsp3) is 0.379. The molecule has 1 aliphatic carbocycles. The van der Waals surface area contributed by atoms with Crippen LogP contribution in [0.5, 0.6) is 11.5 Å². The summed E-state index contributed by atoms with van der Waals surface area (Å²) in [6, 6.07) is 15.8. The Morgan fingerprint density at radius 1 is 1.09 bits per heavy atom. The number of H-pyrrole nitrogens is 1. The number of thiophene rings is 1. The lowest BCUT2D eigenvalue weighted by Gasteiger charge is -2.33. The quantitative estimate of drug-likeness (QED) is 0.325. The predicted octanol–water partition coefficient (Wildman–Crippen LogP) is 6.78. The third-order valence-corrected chi connectivity index (χ3v) is 8.05. The Hall–Kier alpha value is -3.12. The standard InChI is InChI=1S/C29H32N2O3S/c1-5-33-23-15-19(11-14-22(23)34-17-18-9-7-6-8-10-18)26-30-27(32)25-21-13-12-20(29(2,3)4)16-24(21)35-28(25)31-26/h6-11,14-15,20H,5,12-13,16-17H2,1-4H3,(H,30,31,32). The highest BCUT2D eigenvalue weighted by Crippen LogP contribution is 2.42. The molecule has 0 fully saturated rings. The fourth-order valence-corrected chi connectivity index (χ4v) is 6.14. The maximum Gasteiger partial charge on any atom is 0.260 e. The molecule has 2 aromatic carbocycles. The molecular weight excluding hydrogens is 456 g/mol. The molecule has 0 saturated carbocycles. The van der Waals surface area contributed by atoms with Crippen molar-refractivity contribution in [1.29, 1.82) is 0 Å². The van der Waals surface area contributed by atoms with Crippen molar-refractivity contribution in [2.24, 2.45) is 11.3 Å². The van der Waals surface area contributed by atoms with Crippen LogP contribution in [0.15, 0.2) is 53.3 Å². The first-order valence-electron chi connectivity index (χ1n) is 12.3. The van der Waals surface area contributed by atoms with Gasteiger partial charge in [-0.25, -0.2) is 4.98 Å². The van der Waals surface area contributed by atoms with Crippen LogP contribution in [0.25, 0.3) is 21.6 Å². The van der Waals surface area contributed by atoms with Crippen molar-refractivity contribution < 1.29 is 9.47 Å². The van der Waals surface area contributed by atoms with Gasteiger partial charge in [0.2, 0.25) is 0 Å². The summed E-state index contributed by atoms with van der Waals surface area (Å²) in [5, 5.41) is 0.772. The highest BCUT2D eigenvalue weighted by atomic mass is 32.1. The molecule has 0 radical (unpaired) electrons. The second kappa shape index (κ2) is 9.50. The molecule has 0 amide bonds. The van der Waals surface area contributed by atoms with E-state index < -0.39 is 0 Å². The molecule has 2 heterocycles. The minimum atomic E-state index is -0.0564. The maximum atomic E-state index is 13.2. The summed E-state index contributed by atoms with van der Waals surface area (Å²) in [6.45, 7) is 9.84. The summed E-state index contributed by atoms with van der Waals surface area (Å²) < 4.78 is 11.9. The number of hydrogen-bond acceptors (Lipinski definition) is 5. The average Bonchev–Trinajstić information content (AvgIpc) is 3.22. The SMILES string of the molecule is CCOc1cc(-c2nc3sc4c(c3c(=O)[nH]2)CCC(C(C)(C)C)C4)ccc1OCc1ccccc1. The van der Waals surface area contributed by atoms with Gasteiger partial charge in [-0.2, -0.15) is 0 Å². The molecule has 1 unspecified atom stereocenters. The number of hydrogen-bond donors (Lipinski definition) is 1. The van der Waals surface area contributed by atoms with E-state index in [9.17, 15) is 4.79 Å². The normalized spacial score (nSPS) is 15.7. The largest absolute Gasteiger partial charge is 0.490 e. The number of ether oxygens (including phenoxy) is 2. The predicted molar refractivity (Wildman–Crippen MR) is 143 cm³/mol. The molecule has 0 saturated heterocycles. The smallest absolute Gasteiger partial charge is 0.260 e. The second-order valence-corrected chi connectivity index (χ2v) is 11.4. The zero-order valence-electron chi connectivity index (χ0n) is 20.8. The van der Waals surface area contributed by atoms with Gasteiger partial charge >= 0.3 is 0 Å². The molecule has 1 aliphatic rings. The fourth-order valence-electron chi connectivity index (χ4n) is 4.84. The van der Waals surface area contributed by atoms with Crippen molar-refractivity contribution >= 4 is 21.6 Å². The van der Waals surface area contributed by atoms with Crippen molar-refractivity contribution in [3.8, 4) is 22.9 Å². The zero-order chi connectivity index (χ0) is 24.6. The third kappa shape index (κ3) is 4.85. The zero-order valence-corrected chi connectivity index (χ0v) is 21.6. The molecule has 6 heteroatoms. The summed E-state index contributed by atoms with van der Waals surface area (Å²) in [5.74, 6) is 2.49. The van der Waals surface area contributed by atoms with E-state index in [2.05, 4.69) is 25.8 Å². The number of fused-ring (bicyclic) bond motifs is 3. The Morgan fingerprint density at radius 2 is 1.89 bits per heavy atom. The van der Waals surface area contributed by atoms with E-state index >= 15 is 0 Å². The minimum Gasteiger partial charge on any atom is -0.490 e. The van der Waals surface area contributed by atoms with Crippen LogP contribution >= 0.6 is 11.3 Å². The summed E-state index contributed by atoms with van der Waals surface area (Å²) in [6.07, 6.45) is 3.09.